The van der Waals surface area contributed by atoms with Gasteiger partial charge < -0.3 is 15.2 Å². The molecule has 0 saturated heterocycles. The fourth-order valence-corrected chi connectivity index (χ4v) is 2.48. The Morgan fingerprint density at radius 2 is 1.90 bits per heavy atom. The molecule has 114 valence electrons. The van der Waals surface area contributed by atoms with Crippen molar-refractivity contribution in [2.45, 2.75) is 18.2 Å². The second-order valence-electron chi connectivity index (χ2n) is 4.06. The lowest BCUT2D eigenvalue weighted by molar-refractivity contribution is 0.153. The Bertz CT molecular complexity index is 474. The van der Waals surface area contributed by atoms with Crippen molar-refractivity contribution in [2.75, 3.05) is 32.9 Å². The summed E-state index contributed by atoms with van der Waals surface area (Å²) in [5, 5.41) is 0. The molecule has 0 saturated carbocycles. The summed E-state index contributed by atoms with van der Waals surface area (Å²) in [6, 6.07) is 6.29. The molecule has 1 aromatic carbocycles. The molecule has 3 N–H and O–H groups in total. The molecule has 0 spiro atoms. The Morgan fingerprint density at radius 1 is 1.20 bits per heavy atom. The highest BCUT2D eigenvalue weighted by Crippen LogP contribution is 2.15. The van der Waals surface area contributed by atoms with Gasteiger partial charge >= 0.3 is 0 Å². The maximum Gasteiger partial charge on any atom is 0.240 e. The minimum atomic E-state index is -3.49. The zero-order chi connectivity index (χ0) is 14.8. The summed E-state index contributed by atoms with van der Waals surface area (Å²) in [5.41, 5.74) is 5.36. The van der Waals surface area contributed by atoms with Crippen LogP contribution in [-0.2, 0) is 14.8 Å². The van der Waals surface area contributed by atoms with Crippen LogP contribution in [0.5, 0.6) is 5.75 Å². The first kappa shape index (κ1) is 16.9. The van der Waals surface area contributed by atoms with Gasteiger partial charge in [-0.15, -0.1) is 0 Å². The van der Waals surface area contributed by atoms with Gasteiger partial charge in [-0.2, -0.15) is 0 Å². The van der Waals surface area contributed by atoms with Gasteiger partial charge in [0.1, 0.15) is 5.75 Å². The normalized spacial score (nSPS) is 11.5. The fourth-order valence-electron chi connectivity index (χ4n) is 1.46. The highest BCUT2D eigenvalue weighted by atomic mass is 32.2. The Labute approximate surface area is 120 Å². The summed E-state index contributed by atoms with van der Waals surface area (Å²) in [6.07, 6.45) is 0.763. The molecule has 0 bridgehead atoms. The molecule has 0 amide bonds. The zero-order valence-electron chi connectivity index (χ0n) is 11.7. The van der Waals surface area contributed by atoms with Gasteiger partial charge in [-0.1, -0.05) is 0 Å². The van der Waals surface area contributed by atoms with Crippen LogP contribution in [0.25, 0.3) is 0 Å². The molecule has 0 fully saturated rings. The Balaban J connectivity index is 2.53. The molecule has 1 aromatic rings. The van der Waals surface area contributed by atoms with Crippen molar-refractivity contribution in [3.8, 4) is 5.75 Å². The number of ether oxygens (including phenoxy) is 2. The minimum absolute atomic E-state index is 0.208. The molecule has 6 nitrogen and oxygen atoms in total. The van der Waals surface area contributed by atoms with Crippen molar-refractivity contribution < 1.29 is 17.9 Å². The number of sulfonamides is 1. The molecule has 1 rings (SSSR count). The SMILES string of the molecule is CCOCCNS(=O)(=O)c1ccc(OCCCN)cc1. The van der Waals surface area contributed by atoms with Crippen LogP contribution in [0.2, 0.25) is 0 Å². The molecule has 20 heavy (non-hydrogen) atoms. The number of benzene rings is 1. The van der Waals surface area contributed by atoms with Crippen molar-refractivity contribution in [3.63, 3.8) is 0 Å². The van der Waals surface area contributed by atoms with Gasteiger partial charge in [0.25, 0.3) is 0 Å². The third-order valence-corrected chi connectivity index (χ3v) is 3.97. The Morgan fingerprint density at radius 3 is 2.50 bits per heavy atom. The standard InChI is InChI=1S/C13H22N2O4S/c1-2-18-11-9-15-20(16,17)13-6-4-12(5-7-13)19-10-3-8-14/h4-7,15H,2-3,8-11,14H2,1H3. The van der Waals surface area contributed by atoms with E-state index in [9.17, 15) is 8.42 Å². The third kappa shape index (κ3) is 5.87. The summed E-state index contributed by atoms with van der Waals surface area (Å²) in [5.74, 6) is 0.631. The lowest BCUT2D eigenvalue weighted by Gasteiger charge is -2.08. The highest BCUT2D eigenvalue weighted by molar-refractivity contribution is 7.89. The lowest BCUT2D eigenvalue weighted by Crippen LogP contribution is -2.27. The maximum atomic E-state index is 11.9. The van der Waals surface area contributed by atoms with Gasteiger partial charge in [0, 0.05) is 13.2 Å². The molecule has 0 unspecified atom stereocenters. The van der Waals surface area contributed by atoms with E-state index in [2.05, 4.69) is 4.72 Å². The van der Waals surface area contributed by atoms with E-state index in [-0.39, 0.29) is 11.4 Å². The predicted octanol–water partition coefficient (Wildman–Crippen LogP) is 0.729. The number of rotatable bonds is 10. The van der Waals surface area contributed by atoms with E-state index in [1.54, 1.807) is 12.1 Å². The van der Waals surface area contributed by atoms with Crippen LogP contribution in [0.3, 0.4) is 0 Å². The molecule has 0 radical (unpaired) electrons. The van der Waals surface area contributed by atoms with Crippen LogP contribution >= 0.6 is 0 Å². The van der Waals surface area contributed by atoms with Gasteiger partial charge in [0.2, 0.25) is 10.0 Å². The van der Waals surface area contributed by atoms with Crippen molar-refractivity contribution in [2.24, 2.45) is 5.73 Å². The van der Waals surface area contributed by atoms with Crippen molar-refractivity contribution in [3.05, 3.63) is 24.3 Å². The van der Waals surface area contributed by atoms with E-state index in [0.717, 1.165) is 6.42 Å². The third-order valence-electron chi connectivity index (χ3n) is 2.49. The van der Waals surface area contributed by atoms with Gasteiger partial charge in [-0.3, -0.25) is 0 Å². The van der Waals surface area contributed by atoms with Crippen LogP contribution < -0.4 is 15.2 Å². The van der Waals surface area contributed by atoms with Crippen molar-refractivity contribution in [1.82, 2.24) is 4.72 Å². The summed E-state index contributed by atoms with van der Waals surface area (Å²) < 4.78 is 36.9. The highest BCUT2D eigenvalue weighted by Gasteiger charge is 2.12. The Hall–Kier alpha value is -1.15. The van der Waals surface area contributed by atoms with E-state index in [4.69, 9.17) is 15.2 Å². The largest absolute Gasteiger partial charge is 0.494 e. The Kier molecular flexibility index (Phi) is 7.53. The van der Waals surface area contributed by atoms with Crippen LogP contribution in [0.4, 0.5) is 0 Å². The number of nitrogens with one attached hydrogen (secondary N) is 1. The number of hydrogen-bond acceptors (Lipinski definition) is 5. The van der Waals surface area contributed by atoms with Gasteiger partial charge in [-0.05, 0) is 44.2 Å². The summed E-state index contributed by atoms with van der Waals surface area (Å²) in [4.78, 5) is 0.208. The predicted molar refractivity (Wildman–Crippen MR) is 77.3 cm³/mol. The molecule has 0 heterocycles. The minimum Gasteiger partial charge on any atom is -0.494 e. The summed E-state index contributed by atoms with van der Waals surface area (Å²) in [6.45, 7) is 4.13. The topological polar surface area (TPSA) is 90.6 Å². The number of nitrogens with two attached hydrogens (primary N) is 1. The van der Waals surface area contributed by atoms with Gasteiger partial charge in [0.05, 0.1) is 18.1 Å². The smallest absolute Gasteiger partial charge is 0.240 e. The summed E-state index contributed by atoms with van der Waals surface area (Å²) in [7, 11) is -3.49. The monoisotopic (exact) mass is 302 g/mol. The average molecular weight is 302 g/mol. The molecular formula is C13H22N2O4S. The number of hydrogen-bond donors (Lipinski definition) is 2. The van der Waals surface area contributed by atoms with E-state index in [0.29, 0.717) is 32.1 Å². The van der Waals surface area contributed by atoms with Crippen molar-refractivity contribution >= 4 is 10.0 Å². The average Bonchev–Trinajstić information content (AvgIpc) is 2.45. The molecular weight excluding hydrogens is 280 g/mol. The van der Waals surface area contributed by atoms with E-state index in [1.165, 1.54) is 12.1 Å². The van der Waals surface area contributed by atoms with Gasteiger partial charge in [-0.25, -0.2) is 13.1 Å². The first-order valence-electron chi connectivity index (χ1n) is 6.60. The van der Waals surface area contributed by atoms with Crippen LogP contribution in [0.15, 0.2) is 29.2 Å². The van der Waals surface area contributed by atoms with Crippen LogP contribution in [0.1, 0.15) is 13.3 Å². The molecule has 0 aliphatic carbocycles. The lowest BCUT2D eigenvalue weighted by atomic mass is 10.3. The molecule has 0 atom stereocenters. The second kappa shape index (κ2) is 8.91. The van der Waals surface area contributed by atoms with Crippen LogP contribution in [0, 0.1) is 0 Å². The maximum absolute atomic E-state index is 11.9. The van der Waals surface area contributed by atoms with E-state index in [1.807, 2.05) is 6.92 Å². The zero-order valence-corrected chi connectivity index (χ0v) is 12.5. The molecule has 7 heteroatoms. The summed E-state index contributed by atoms with van der Waals surface area (Å²) >= 11 is 0. The quantitative estimate of drug-likeness (QED) is 0.622. The first-order valence-corrected chi connectivity index (χ1v) is 8.09. The molecule has 0 aliphatic heterocycles. The second-order valence-corrected chi connectivity index (χ2v) is 5.82. The van der Waals surface area contributed by atoms with E-state index < -0.39 is 10.0 Å². The van der Waals surface area contributed by atoms with Gasteiger partial charge in [0.15, 0.2) is 0 Å². The molecule has 0 aliphatic rings. The van der Waals surface area contributed by atoms with Crippen LogP contribution in [-0.4, -0.2) is 41.3 Å². The first-order chi connectivity index (χ1) is 9.60. The molecule has 0 aromatic heterocycles. The van der Waals surface area contributed by atoms with Crippen molar-refractivity contribution in [1.29, 1.82) is 0 Å². The fraction of sp³-hybridized carbons (Fsp3) is 0.538. The van der Waals surface area contributed by atoms with E-state index >= 15 is 0 Å².